The van der Waals surface area contributed by atoms with Crippen LogP contribution in [0.25, 0.3) is 0 Å². The molecule has 0 spiro atoms. The number of anilines is 1. The van der Waals surface area contributed by atoms with E-state index in [0.717, 1.165) is 12.1 Å². The first-order chi connectivity index (χ1) is 12.3. The third-order valence-electron chi connectivity index (χ3n) is 4.12. The summed E-state index contributed by atoms with van der Waals surface area (Å²) in [6, 6.07) is 8.60. The minimum Gasteiger partial charge on any atom is -0.489 e. The second-order valence-electron chi connectivity index (χ2n) is 5.81. The fourth-order valence-electron chi connectivity index (χ4n) is 2.94. The number of carbonyl (C=O) groups is 1. The summed E-state index contributed by atoms with van der Waals surface area (Å²) >= 11 is 6.00. The molecule has 0 saturated carbocycles. The van der Waals surface area contributed by atoms with Crippen LogP contribution in [0.4, 0.5) is 18.9 Å². The van der Waals surface area contributed by atoms with E-state index in [9.17, 15) is 23.1 Å². The summed E-state index contributed by atoms with van der Waals surface area (Å²) in [5.41, 5.74) is -1.19. The molecule has 0 aliphatic carbocycles. The first-order valence-electron chi connectivity index (χ1n) is 7.86. The van der Waals surface area contributed by atoms with E-state index in [2.05, 4.69) is 0 Å². The zero-order chi connectivity index (χ0) is 18.9. The average Bonchev–Trinajstić information content (AvgIpc) is 2.60. The highest BCUT2D eigenvalue weighted by molar-refractivity contribution is 6.31. The molecule has 1 atom stereocenters. The monoisotopic (exact) mass is 385 g/mol. The van der Waals surface area contributed by atoms with Gasteiger partial charge in [0.1, 0.15) is 12.4 Å². The topological polar surface area (TPSA) is 49.8 Å². The van der Waals surface area contributed by atoms with Gasteiger partial charge in [-0.2, -0.15) is 13.2 Å². The molecule has 1 heterocycles. The summed E-state index contributed by atoms with van der Waals surface area (Å²) in [7, 11) is 0. The van der Waals surface area contributed by atoms with E-state index in [-0.39, 0.29) is 25.3 Å². The van der Waals surface area contributed by atoms with E-state index in [4.69, 9.17) is 16.3 Å². The lowest BCUT2D eigenvalue weighted by Gasteiger charge is -2.37. The number of nitrogens with zero attached hydrogens (tertiary/aromatic N) is 1. The predicted octanol–water partition coefficient (Wildman–Crippen LogP) is 4.15. The van der Waals surface area contributed by atoms with Gasteiger partial charge in [0, 0.05) is 11.6 Å². The van der Waals surface area contributed by atoms with Crippen molar-refractivity contribution in [3.05, 3.63) is 58.6 Å². The normalized spacial score (nSPS) is 16.8. The standard InChI is InChI=1S/C18H15ClF3NO3/c19-11-5-6-16-15(9-11)23(12(7-8-24)10-26-16)17(25)13-3-1-2-4-14(13)18(20,21)22/h1-6,9,12,24H,7-8,10H2. The summed E-state index contributed by atoms with van der Waals surface area (Å²) in [6.45, 7) is -0.177. The zero-order valence-corrected chi connectivity index (χ0v) is 14.2. The Kier molecular flexibility index (Phi) is 5.11. The Morgan fingerprint density at radius 2 is 2.00 bits per heavy atom. The molecule has 8 heteroatoms. The summed E-state index contributed by atoms with van der Waals surface area (Å²) in [5, 5.41) is 9.59. The van der Waals surface area contributed by atoms with Crippen LogP contribution in [0.5, 0.6) is 5.75 Å². The maximum Gasteiger partial charge on any atom is 0.417 e. The summed E-state index contributed by atoms with van der Waals surface area (Å²) in [4.78, 5) is 14.3. The summed E-state index contributed by atoms with van der Waals surface area (Å²) in [5.74, 6) is -0.468. The lowest BCUT2D eigenvalue weighted by Crippen LogP contribution is -2.47. The molecule has 0 aromatic heterocycles. The molecular weight excluding hydrogens is 371 g/mol. The van der Waals surface area contributed by atoms with Crippen LogP contribution in [-0.2, 0) is 6.18 Å². The second-order valence-corrected chi connectivity index (χ2v) is 6.24. The van der Waals surface area contributed by atoms with E-state index >= 15 is 0 Å². The van der Waals surface area contributed by atoms with Crippen molar-refractivity contribution in [2.24, 2.45) is 0 Å². The molecule has 1 aliphatic rings. The Morgan fingerprint density at radius 3 is 2.69 bits per heavy atom. The number of aliphatic hydroxyl groups excluding tert-OH is 1. The first-order valence-corrected chi connectivity index (χ1v) is 8.23. The Hall–Kier alpha value is -2.25. The van der Waals surface area contributed by atoms with E-state index in [1.807, 2.05) is 0 Å². The fourth-order valence-corrected chi connectivity index (χ4v) is 3.11. The SMILES string of the molecule is O=C(c1ccccc1C(F)(F)F)N1c2cc(Cl)ccc2OCC1CCO. The zero-order valence-electron chi connectivity index (χ0n) is 13.5. The van der Waals surface area contributed by atoms with Crippen molar-refractivity contribution in [3.8, 4) is 5.75 Å². The van der Waals surface area contributed by atoms with Crippen LogP contribution in [0.3, 0.4) is 0 Å². The highest BCUT2D eigenvalue weighted by atomic mass is 35.5. The number of alkyl halides is 3. The Balaban J connectivity index is 2.11. The number of benzene rings is 2. The van der Waals surface area contributed by atoms with Crippen LogP contribution in [-0.4, -0.2) is 30.3 Å². The van der Waals surface area contributed by atoms with Gasteiger partial charge in [0.15, 0.2) is 0 Å². The quantitative estimate of drug-likeness (QED) is 0.863. The van der Waals surface area contributed by atoms with Gasteiger partial charge in [-0.1, -0.05) is 23.7 Å². The Morgan fingerprint density at radius 1 is 1.27 bits per heavy atom. The van der Waals surface area contributed by atoms with E-state index < -0.39 is 29.3 Å². The first kappa shape index (κ1) is 18.5. The molecule has 3 rings (SSSR count). The Bertz CT molecular complexity index is 826. The van der Waals surface area contributed by atoms with Gasteiger partial charge >= 0.3 is 6.18 Å². The van der Waals surface area contributed by atoms with Crippen molar-refractivity contribution < 1.29 is 27.8 Å². The lowest BCUT2D eigenvalue weighted by molar-refractivity contribution is -0.137. The minimum atomic E-state index is -4.66. The molecule has 2 aromatic carbocycles. The molecule has 26 heavy (non-hydrogen) atoms. The fraction of sp³-hybridized carbons (Fsp3) is 0.278. The third-order valence-corrected chi connectivity index (χ3v) is 4.36. The van der Waals surface area contributed by atoms with Gasteiger partial charge in [-0.05, 0) is 36.8 Å². The number of hydrogen-bond donors (Lipinski definition) is 1. The number of carbonyl (C=O) groups excluding carboxylic acids is 1. The van der Waals surface area contributed by atoms with E-state index in [1.165, 1.54) is 23.1 Å². The molecule has 1 N–H and O–H groups in total. The van der Waals surface area contributed by atoms with Gasteiger partial charge in [-0.15, -0.1) is 0 Å². The molecule has 0 saturated heterocycles. The van der Waals surface area contributed by atoms with Crippen molar-refractivity contribution in [1.82, 2.24) is 0 Å². The average molecular weight is 386 g/mol. The van der Waals surface area contributed by atoms with Crippen LogP contribution in [0.15, 0.2) is 42.5 Å². The van der Waals surface area contributed by atoms with Gasteiger partial charge in [0.25, 0.3) is 5.91 Å². The van der Waals surface area contributed by atoms with Crippen LogP contribution >= 0.6 is 11.6 Å². The second kappa shape index (κ2) is 7.17. The number of hydrogen-bond acceptors (Lipinski definition) is 3. The maximum atomic E-state index is 13.3. The third kappa shape index (κ3) is 3.50. The smallest absolute Gasteiger partial charge is 0.417 e. The van der Waals surface area contributed by atoms with Crippen molar-refractivity contribution in [1.29, 1.82) is 0 Å². The lowest BCUT2D eigenvalue weighted by atomic mass is 10.0. The van der Waals surface area contributed by atoms with Crippen LogP contribution in [0.1, 0.15) is 22.3 Å². The molecule has 2 aromatic rings. The van der Waals surface area contributed by atoms with E-state index in [0.29, 0.717) is 10.8 Å². The van der Waals surface area contributed by atoms with Crippen LogP contribution in [0.2, 0.25) is 5.02 Å². The highest BCUT2D eigenvalue weighted by Crippen LogP contribution is 2.39. The molecule has 0 bridgehead atoms. The van der Waals surface area contributed by atoms with Crippen LogP contribution in [0, 0.1) is 0 Å². The van der Waals surface area contributed by atoms with Crippen molar-refractivity contribution in [2.75, 3.05) is 18.1 Å². The van der Waals surface area contributed by atoms with Gasteiger partial charge in [0.2, 0.25) is 0 Å². The van der Waals surface area contributed by atoms with Gasteiger partial charge in [-0.3, -0.25) is 9.69 Å². The molecule has 4 nitrogen and oxygen atoms in total. The summed E-state index contributed by atoms with van der Waals surface area (Å²) < 4.78 is 45.5. The number of amides is 1. The summed E-state index contributed by atoms with van der Waals surface area (Å²) in [6.07, 6.45) is -4.51. The van der Waals surface area contributed by atoms with Crippen molar-refractivity contribution in [2.45, 2.75) is 18.6 Å². The maximum absolute atomic E-state index is 13.3. The van der Waals surface area contributed by atoms with Crippen molar-refractivity contribution >= 4 is 23.2 Å². The van der Waals surface area contributed by atoms with Gasteiger partial charge in [-0.25, -0.2) is 0 Å². The number of halogens is 4. The number of ether oxygens (including phenoxy) is 1. The highest BCUT2D eigenvalue weighted by Gasteiger charge is 2.39. The number of rotatable bonds is 3. The molecule has 1 aliphatic heterocycles. The molecule has 0 fully saturated rings. The molecule has 1 amide bonds. The van der Waals surface area contributed by atoms with E-state index in [1.54, 1.807) is 12.1 Å². The van der Waals surface area contributed by atoms with Gasteiger partial charge < -0.3 is 9.84 Å². The Labute approximate surface area is 152 Å². The number of fused-ring (bicyclic) bond motifs is 1. The van der Waals surface area contributed by atoms with Crippen molar-refractivity contribution in [3.63, 3.8) is 0 Å². The minimum absolute atomic E-state index is 0.0646. The molecular formula is C18H15ClF3NO3. The predicted molar refractivity (Wildman–Crippen MR) is 90.7 cm³/mol. The largest absolute Gasteiger partial charge is 0.489 e. The number of aliphatic hydroxyl groups is 1. The molecule has 1 unspecified atom stereocenters. The molecule has 138 valence electrons. The van der Waals surface area contributed by atoms with Gasteiger partial charge in [0.05, 0.1) is 22.9 Å². The molecule has 0 radical (unpaired) electrons. The van der Waals surface area contributed by atoms with Crippen LogP contribution < -0.4 is 9.64 Å².